The van der Waals surface area contributed by atoms with E-state index in [4.69, 9.17) is 9.47 Å². The number of methoxy groups -OCH3 is 2. The summed E-state index contributed by atoms with van der Waals surface area (Å²) in [6.07, 6.45) is 15.5. The van der Waals surface area contributed by atoms with Crippen molar-refractivity contribution in [2.75, 3.05) is 14.2 Å². The first-order chi connectivity index (χ1) is 7.85. The molecular weight excluding hydrogens is 200 g/mol. The van der Waals surface area contributed by atoms with Gasteiger partial charge in [0.05, 0.1) is 0 Å². The van der Waals surface area contributed by atoms with E-state index in [9.17, 15) is 0 Å². The van der Waals surface area contributed by atoms with Gasteiger partial charge < -0.3 is 9.47 Å². The number of allylic oxidation sites excluding steroid dienone is 4. The average Bonchev–Trinajstić information content (AvgIpc) is 2.32. The first kappa shape index (κ1) is 15.4. The van der Waals surface area contributed by atoms with Crippen LogP contribution < -0.4 is 0 Å². The van der Waals surface area contributed by atoms with Crippen molar-refractivity contribution in [1.82, 2.24) is 0 Å². The summed E-state index contributed by atoms with van der Waals surface area (Å²) >= 11 is 0. The summed E-state index contributed by atoms with van der Waals surface area (Å²) < 4.78 is 10.2. The Labute approximate surface area is 100 Å². The van der Waals surface area contributed by atoms with Gasteiger partial charge in [0.2, 0.25) is 0 Å². The van der Waals surface area contributed by atoms with Gasteiger partial charge in [-0.2, -0.15) is 0 Å². The molecule has 0 rings (SSSR count). The molecule has 0 radical (unpaired) electrons. The first-order valence-corrected chi connectivity index (χ1v) is 6.22. The van der Waals surface area contributed by atoms with Crippen molar-refractivity contribution in [1.29, 1.82) is 0 Å². The van der Waals surface area contributed by atoms with Gasteiger partial charge in [-0.05, 0) is 25.7 Å². The van der Waals surface area contributed by atoms with E-state index in [0.29, 0.717) is 0 Å². The van der Waals surface area contributed by atoms with Crippen LogP contribution >= 0.6 is 0 Å². The molecule has 0 fully saturated rings. The molecule has 0 saturated carbocycles. The maximum Gasteiger partial charge on any atom is 0.156 e. The van der Waals surface area contributed by atoms with E-state index >= 15 is 0 Å². The summed E-state index contributed by atoms with van der Waals surface area (Å²) in [5.74, 6) is 0. The van der Waals surface area contributed by atoms with Crippen LogP contribution in [0, 0.1) is 0 Å². The second-order valence-electron chi connectivity index (χ2n) is 3.83. The standard InChI is InChI=1S/C14H26O2/c1-4-5-6-7-8-9-10-11-12-13-14(15-2)16-3/h7-10,14H,4-6,11-13H2,1-3H3/b8-7+,10-9-. The molecule has 0 aliphatic carbocycles. The fourth-order valence-corrected chi connectivity index (χ4v) is 1.41. The van der Waals surface area contributed by atoms with Crippen LogP contribution in [0.25, 0.3) is 0 Å². The molecule has 2 heteroatoms. The Bertz CT molecular complexity index is 181. The summed E-state index contributed by atoms with van der Waals surface area (Å²) in [7, 11) is 3.36. The highest BCUT2D eigenvalue weighted by Crippen LogP contribution is 2.05. The predicted molar refractivity (Wildman–Crippen MR) is 69.5 cm³/mol. The van der Waals surface area contributed by atoms with E-state index in [1.165, 1.54) is 19.3 Å². The first-order valence-electron chi connectivity index (χ1n) is 6.22. The van der Waals surface area contributed by atoms with Crippen molar-refractivity contribution in [2.24, 2.45) is 0 Å². The Balaban J connectivity index is 3.36. The minimum atomic E-state index is -0.0477. The number of hydrogen-bond donors (Lipinski definition) is 0. The second-order valence-corrected chi connectivity index (χ2v) is 3.83. The highest BCUT2D eigenvalue weighted by Gasteiger charge is 2.02. The van der Waals surface area contributed by atoms with Gasteiger partial charge in [0.1, 0.15) is 0 Å². The number of hydrogen-bond acceptors (Lipinski definition) is 2. The Morgan fingerprint density at radius 3 is 2.00 bits per heavy atom. The van der Waals surface area contributed by atoms with Crippen molar-refractivity contribution in [3.63, 3.8) is 0 Å². The van der Waals surface area contributed by atoms with Crippen molar-refractivity contribution < 1.29 is 9.47 Å². The Morgan fingerprint density at radius 2 is 1.50 bits per heavy atom. The van der Waals surface area contributed by atoms with Crippen molar-refractivity contribution in [3.8, 4) is 0 Å². The fraction of sp³-hybridized carbons (Fsp3) is 0.714. The largest absolute Gasteiger partial charge is 0.356 e. The molecule has 0 aromatic rings. The molecule has 0 amide bonds. The molecule has 0 bridgehead atoms. The zero-order chi connectivity index (χ0) is 12.1. The quantitative estimate of drug-likeness (QED) is 0.317. The molecule has 0 atom stereocenters. The monoisotopic (exact) mass is 226 g/mol. The lowest BCUT2D eigenvalue weighted by Crippen LogP contribution is -2.12. The fourth-order valence-electron chi connectivity index (χ4n) is 1.41. The van der Waals surface area contributed by atoms with E-state index in [1.807, 2.05) is 0 Å². The van der Waals surface area contributed by atoms with Crippen molar-refractivity contribution in [3.05, 3.63) is 24.3 Å². The predicted octanol–water partition coefficient (Wildman–Crippen LogP) is 4.08. The van der Waals surface area contributed by atoms with E-state index in [-0.39, 0.29) is 6.29 Å². The van der Waals surface area contributed by atoms with Gasteiger partial charge in [0.15, 0.2) is 6.29 Å². The summed E-state index contributed by atoms with van der Waals surface area (Å²) in [5.41, 5.74) is 0. The molecule has 94 valence electrons. The zero-order valence-electron chi connectivity index (χ0n) is 10.9. The van der Waals surface area contributed by atoms with Crippen LogP contribution in [-0.2, 0) is 9.47 Å². The summed E-state index contributed by atoms with van der Waals surface area (Å²) in [6, 6.07) is 0. The molecule has 0 aliphatic rings. The Hall–Kier alpha value is -0.600. The van der Waals surface area contributed by atoms with Gasteiger partial charge in [-0.3, -0.25) is 0 Å². The second kappa shape index (κ2) is 12.5. The third-order valence-electron chi connectivity index (χ3n) is 2.44. The highest BCUT2D eigenvalue weighted by atomic mass is 16.7. The lowest BCUT2D eigenvalue weighted by molar-refractivity contribution is -0.106. The molecule has 0 aromatic carbocycles. The maximum absolute atomic E-state index is 5.11. The normalized spacial score (nSPS) is 12.2. The number of rotatable bonds is 10. The van der Waals surface area contributed by atoms with Gasteiger partial charge >= 0.3 is 0 Å². The maximum atomic E-state index is 5.11. The van der Waals surface area contributed by atoms with Gasteiger partial charge in [0, 0.05) is 14.2 Å². The van der Waals surface area contributed by atoms with E-state index in [2.05, 4.69) is 31.2 Å². The van der Waals surface area contributed by atoms with Gasteiger partial charge in [-0.1, -0.05) is 44.1 Å². The minimum Gasteiger partial charge on any atom is -0.356 e. The number of unbranched alkanes of at least 4 members (excludes halogenated alkanes) is 3. The number of ether oxygens (including phenoxy) is 2. The molecule has 0 spiro atoms. The van der Waals surface area contributed by atoms with Crippen LogP contribution in [0.4, 0.5) is 0 Å². The summed E-state index contributed by atoms with van der Waals surface area (Å²) in [5, 5.41) is 0. The van der Waals surface area contributed by atoms with Gasteiger partial charge in [0.25, 0.3) is 0 Å². The molecule has 0 saturated heterocycles. The topological polar surface area (TPSA) is 18.5 Å². The molecule has 16 heavy (non-hydrogen) atoms. The highest BCUT2D eigenvalue weighted by molar-refractivity contribution is 5.02. The van der Waals surface area contributed by atoms with Crippen LogP contribution in [0.2, 0.25) is 0 Å². The van der Waals surface area contributed by atoms with Crippen molar-refractivity contribution >= 4 is 0 Å². The van der Waals surface area contributed by atoms with Gasteiger partial charge in [-0.15, -0.1) is 0 Å². The van der Waals surface area contributed by atoms with Crippen molar-refractivity contribution in [2.45, 2.75) is 51.7 Å². The zero-order valence-corrected chi connectivity index (χ0v) is 10.9. The van der Waals surface area contributed by atoms with E-state index in [0.717, 1.165) is 19.3 Å². The Morgan fingerprint density at radius 1 is 0.938 bits per heavy atom. The van der Waals surface area contributed by atoms with Crippen LogP contribution in [0.1, 0.15) is 45.4 Å². The average molecular weight is 226 g/mol. The molecule has 0 aliphatic heterocycles. The van der Waals surface area contributed by atoms with E-state index < -0.39 is 0 Å². The molecule has 0 aromatic heterocycles. The third kappa shape index (κ3) is 9.94. The molecular formula is C14H26O2. The Kier molecular flexibility index (Phi) is 12.0. The summed E-state index contributed by atoms with van der Waals surface area (Å²) in [4.78, 5) is 0. The molecule has 0 heterocycles. The van der Waals surface area contributed by atoms with Crippen LogP contribution in [0.15, 0.2) is 24.3 Å². The lowest BCUT2D eigenvalue weighted by Gasteiger charge is -2.11. The molecule has 2 nitrogen and oxygen atoms in total. The third-order valence-corrected chi connectivity index (χ3v) is 2.44. The van der Waals surface area contributed by atoms with Gasteiger partial charge in [-0.25, -0.2) is 0 Å². The molecule has 0 N–H and O–H groups in total. The lowest BCUT2D eigenvalue weighted by atomic mass is 10.2. The minimum absolute atomic E-state index is 0.0477. The summed E-state index contributed by atoms with van der Waals surface area (Å²) in [6.45, 7) is 2.21. The van der Waals surface area contributed by atoms with Crippen LogP contribution in [-0.4, -0.2) is 20.5 Å². The van der Waals surface area contributed by atoms with Crippen LogP contribution in [0.3, 0.4) is 0 Å². The molecule has 0 unspecified atom stereocenters. The van der Waals surface area contributed by atoms with Crippen LogP contribution in [0.5, 0.6) is 0 Å². The van der Waals surface area contributed by atoms with E-state index in [1.54, 1.807) is 14.2 Å². The smallest absolute Gasteiger partial charge is 0.156 e. The SMILES string of the molecule is CCCC/C=C/C=C\CCCC(OC)OC.